The molecule has 0 aromatic carbocycles. The molecule has 4 heterocycles. The fraction of sp³-hybridized carbons (Fsp3) is 1.00. The van der Waals surface area contributed by atoms with E-state index >= 15 is 0 Å². The van der Waals surface area contributed by atoms with Crippen LogP contribution < -0.4 is 0 Å². The van der Waals surface area contributed by atoms with Crippen LogP contribution in [0.25, 0.3) is 0 Å². The zero-order chi connectivity index (χ0) is 20.5. The van der Waals surface area contributed by atoms with Crippen molar-refractivity contribution in [3.8, 4) is 0 Å². The van der Waals surface area contributed by atoms with Crippen LogP contribution in [0.4, 0.5) is 0 Å². The van der Waals surface area contributed by atoms with Gasteiger partial charge in [0.05, 0.1) is 0 Å². The van der Waals surface area contributed by atoms with Gasteiger partial charge in [-0.15, -0.1) is 0 Å². The summed E-state index contributed by atoms with van der Waals surface area (Å²) < 4.78 is 0.660. The maximum absolute atomic E-state index is 2.47. The summed E-state index contributed by atoms with van der Waals surface area (Å²) in [6, 6.07) is 0. The summed E-state index contributed by atoms with van der Waals surface area (Å²) in [6.07, 6.45) is 0. The molecule has 0 nitrogen and oxygen atoms in total. The van der Waals surface area contributed by atoms with Gasteiger partial charge in [0.2, 0.25) is 0 Å². The topological polar surface area (TPSA) is 0 Å². The molecule has 174 valence electrons. The molecule has 0 N–H and O–H groups in total. The zero-order valence-electron chi connectivity index (χ0n) is 17.5. The van der Waals surface area contributed by atoms with Crippen LogP contribution in [0, 0.1) is 0 Å². The SMILES string of the molecule is C(C[Se]CC1CS1)SCC(C[Se]CC1CS1)(C[Se]CC1CS1)SCC[Se]CC1CS1. The Morgan fingerprint density at radius 3 is 1.53 bits per heavy atom. The second-order valence-electron chi connectivity index (χ2n) is 8.09. The van der Waals surface area contributed by atoms with Crippen LogP contribution in [0.15, 0.2) is 0 Å². The van der Waals surface area contributed by atoms with Crippen LogP contribution in [0.2, 0.25) is 42.6 Å². The van der Waals surface area contributed by atoms with E-state index in [4.69, 9.17) is 0 Å². The summed E-state index contributed by atoms with van der Waals surface area (Å²) in [6.45, 7) is 0. The van der Waals surface area contributed by atoms with E-state index in [2.05, 4.69) is 70.6 Å². The Bertz CT molecular complexity index is 468. The summed E-state index contributed by atoms with van der Waals surface area (Å²) in [4.78, 5) is 0. The summed E-state index contributed by atoms with van der Waals surface area (Å²) >= 11 is 17.3. The van der Waals surface area contributed by atoms with Gasteiger partial charge in [-0.3, -0.25) is 0 Å². The van der Waals surface area contributed by atoms with Gasteiger partial charge in [-0.25, -0.2) is 0 Å². The molecule has 0 spiro atoms. The van der Waals surface area contributed by atoms with E-state index in [1.165, 1.54) is 45.6 Å². The van der Waals surface area contributed by atoms with Gasteiger partial charge >= 0.3 is 239 Å². The van der Waals surface area contributed by atoms with Gasteiger partial charge < -0.3 is 0 Å². The molecule has 0 aromatic heterocycles. The molecular weight excluding hydrogens is 748 g/mol. The first-order valence-electron chi connectivity index (χ1n) is 10.8. The standard InChI is InChI=1S/C20H34S6Se4/c1(3-27-9-16-5-22-16)21-13-20(14-29-11-18-7-24-18,15-30-12-19-8-25-19)26-2-4-28-10-17-6-23-17/h16-19H,1-15H2. The molecule has 30 heavy (non-hydrogen) atoms. The Kier molecular flexibility index (Phi) is 14.0. The van der Waals surface area contributed by atoms with E-state index in [9.17, 15) is 0 Å². The Balaban J connectivity index is 1.19. The number of hydrogen-bond donors (Lipinski definition) is 0. The van der Waals surface area contributed by atoms with E-state index in [1.54, 1.807) is 37.2 Å². The van der Waals surface area contributed by atoms with Gasteiger partial charge in [-0.2, -0.15) is 0 Å². The minimum absolute atomic E-state index is 0.660. The Labute approximate surface area is 236 Å². The fourth-order valence-electron chi connectivity index (χ4n) is 2.78. The van der Waals surface area contributed by atoms with Crippen molar-refractivity contribution in [2.75, 3.05) is 40.3 Å². The first-order chi connectivity index (χ1) is 14.8. The molecule has 0 bridgehead atoms. The predicted molar refractivity (Wildman–Crippen MR) is 159 cm³/mol. The first-order valence-corrected chi connectivity index (χ1v) is 26.8. The molecule has 4 rings (SSSR count). The average Bonchev–Trinajstić information content (AvgIpc) is 3.53. The van der Waals surface area contributed by atoms with E-state index in [-0.39, 0.29) is 0 Å². The molecule has 0 saturated carbocycles. The molecule has 4 saturated heterocycles. The van der Waals surface area contributed by atoms with Crippen LogP contribution in [0.5, 0.6) is 0 Å². The third-order valence-electron chi connectivity index (χ3n) is 4.93. The normalized spacial score (nSPS) is 30.8. The molecule has 0 aromatic rings. The summed E-state index contributed by atoms with van der Waals surface area (Å²) in [5, 5.41) is 16.8. The Morgan fingerprint density at radius 1 is 0.633 bits per heavy atom. The van der Waals surface area contributed by atoms with Crippen molar-refractivity contribution in [1.29, 1.82) is 0 Å². The van der Waals surface area contributed by atoms with Crippen molar-refractivity contribution in [3.05, 3.63) is 0 Å². The van der Waals surface area contributed by atoms with Crippen LogP contribution in [0.3, 0.4) is 0 Å². The van der Waals surface area contributed by atoms with Crippen molar-refractivity contribution in [1.82, 2.24) is 0 Å². The second-order valence-corrected chi connectivity index (χ2v) is 25.2. The maximum atomic E-state index is 2.47. The van der Waals surface area contributed by atoms with Crippen molar-refractivity contribution < 1.29 is 0 Å². The van der Waals surface area contributed by atoms with Crippen molar-refractivity contribution >= 4 is 130 Å². The van der Waals surface area contributed by atoms with E-state index in [1.807, 2.05) is 0 Å². The molecule has 0 amide bonds. The van der Waals surface area contributed by atoms with Gasteiger partial charge in [0, 0.05) is 0 Å². The molecule has 0 aliphatic carbocycles. The molecule has 4 fully saturated rings. The van der Waals surface area contributed by atoms with Gasteiger partial charge in [0.25, 0.3) is 0 Å². The van der Waals surface area contributed by atoms with Crippen LogP contribution in [0.1, 0.15) is 0 Å². The van der Waals surface area contributed by atoms with E-state index in [0.29, 0.717) is 4.75 Å². The quantitative estimate of drug-likeness (QED) is 0.0814. The minimum atomic E-state index is 0.660. The molecule has 4 unspecified atom stereocenters. The van der Waals surface area contributed by atoms with Crippen molar-refractivity contribution in [2.24, 2.45) is 0 Å². The Morgan fingerprint density at radius 2 is 1.07 bits per heavy atom. The van der Waals surface area contributed by atoms with Crippen LogP contribution in [-0.4, -0.2) is 126 Å². The third kappa shape index (κ3) is 12.9. The number of hydrogen-bond acceptors (Lipinski definition) is 6. The first kappa shape index (κ1) is 27.2. The van der Waals surface area contributed by atoms with Gasteiger partial charge in [-0.1, -0.05) is 0 Å². The van der Waals surface area contributed by atoms with Gasteiger partial charge in [0.15, 0.2) is 0 Å². The molecule has 4 atom stereocenters. The molecule has 4 aliphatic heterocycles. The second kappa shape index (κ2) is 15.4. The summed E-state index contributed by atoms with van der Waals surface area (Å²) in [5.74, 6) is 10.3. The number of rotatable bonds is 21. The van der Waals surface area contributed by atoms with Gasteiger partial charge in [0.1, 0.15) is 0 Å². The van der Waals surface area contributed by atoms with Crippen molar-refractivity contribution in [3.63, 3.8) is 0 Å². The van der Waals surface area contributed by atoms with Gasteiger partial charge in [-0.05, 0) is 0 Å². The zero-order valence-corrected chi connectivity index (χ0v) is 29.2. The van der Waals surface area contributed by atoms with E-state index < -0.39 is 0 Å². The van der Waals surface area contributed by atoms with Crippen LogP contribution >= 0.6 is 70.6 Å². The molecular formula is C20H34S6Se4. The third-order valence-corrected chi connectivity index (χ3v) is 26.2. The van der Waals surface area contributed by atoms with E-state index in [0.717, 1.165) is 80.8 Å². The van der Waals surface area contributed by atoms with Crippen LogP contribution in [-0.2, 0) is 0 Å². The monoisotopic (exact) mass is 786 g/mol. The molecule has 0 radical (unpaired) electrons. The molecule has 4 aliphatic rings. The molecule has 10 heteroatoms. The average molecular weight is 783 g/mol. The predicted octanol–water partition coefficient (Wildman–Crippen LogP) is 5.82. The fourth-order valence-corrected chi connectivity index (χ4v) is 25.0. The number of thioether (sulfide) groups is 6. The summed E-state index contributed by atoms with van der Waals surface area (Å²) in [5.41, 5.74) is 0. The van der Waals surface area contributed by atoms with Crippen molar-refractivity contribution in [2.45, 2.75) is 68.3 Å². The Hall–Kier alpha value is 4.18. The summed E-state index contributed by atoms with van der Waals surface area (Å²) in [7, 11) is 0.